The van der Waals surface area contributed by atoms with Crippen molar-refractivity contribution in [1.29, 1.82) is 0 Å². The number of rotatable bonds is 2. The van der Waals surface area contributed by atoms with Gasteiger partial charge >= 0.3 is 0 Å². The van der Waals surface area contributed by atoms with Gasteiger partial charge in [-0.25, -0.2) is 9.37 Å². The molecule has 0 aromatic carbocycles. The SMILES string of the molecule is Fc1cccnc1O[C@H]1CSC2(CNC2)C1. The molecule has 16 heavy (non-hydrogen) atoms. The van der Waals surface area contributed by atoms with Crippen molar-refractivity contribution in [2.24, 2.45) is 0 Å². The van der Waals surface area contributed by atoms with Crippen LogP contribution in [0.15, 0.2) is 18.3 Å². The summed E-state index contributed by atoms with van der Waals surface area (Å²) in [6.07, 6.45) is 2.64. The quantitative estimate of drug-likeness (QED) is 0.848. The first-order valence-electron chi connectivity index (χ1n) is 5.39. The second kappa shape index (κ2) is 3.89. The van der Waals surface area contributed by atoms with Gasteiger partial charge in [0.05, 0.1) is 0 Å². The molecule has 0 saturated carbocycles. The largest absolute Gasteiger partial charge is 0.471 e. The van der Waals surface area contributed by atoms with Gasteiger partial charge in [0, 0.05) is 36.2 Å². The fourth-order valence-corrected chi connectivity index (χ4v) is 3.58. The first-order chi connectivity index (χ1) is 7.77. The molecule has 3 heterocycles. The molecule has 2 aliphatic heterocycles. The van der Waals surface area contributed by atoms with Crippen molar-refractivity contribution in [3.05, 3.63) is 24.1 Å². The van der Waals surface area contributed by atoms with Gasteiger partial charge in [-0.3, -0.25) is 0 Å². The molecule has 3 rings (SSSR count). The average Bonchev–Trinajstić information content (AvgIpc) is 2.65. The summed E-state index contributed by atoms with van der Waals surface area (Å²) in [6, 6.07) is 2.95. The number of thioether (sulfide) groups is 1. The van der Waals surface area contributed by atoms with Crippen molar-refractivity contribution >= 4 is 11.8 Å². The van der Waals surface area contributed by atoms with Crippen LogP contribution < -0.4 is 10.1 Å². The predicted octanol–water partition coefficient (Wildman–Crippen LogP) is 1.45. The molecule has 5 heteroatoms. The molecule has 2 fully saturated rings. The van der Waals surface area contributed by atoms with Crippen molar-refractivity contribution in [3.63, 3.8) is 0 Å². The summed E-state index contributed by atoms with van der Waals surface area (Å²) in [4.78, 5) is 3.91. The van der Waals surface area contributed by atoms with Crippen LogP contribution in [0.4, 0.5) is 4.39 Å². The lowest BCUT2D eigenvalue weighted by Crippen LogP contribution is -2.56. The summed E-state index contributed by atoms with van der Waals surface area (Å²) >= 11 is 1.93. The molecule has 0 bridgehead atoms. The van der Waals surface area contributed by atoms with Gasteiger partial charge in [0.15, 0.2) is 5.82 Å². The Labute approximate surface area is 97.8 Å². The van der Waals surface area contributed by atoms with Gasteiger partial charge in [-0.1, -0.05) is 0 Å². The van der Waals surface area contributed by atoms with Crippen LogP contribution in [-0.2, 0) is 0 Å². The van der Waals surface area contributed by atoms with Gasteiger partial charge in [-0.2, -0.15) is 0 Å². The molecule has 86 valence electrons. The molecule has 2 saturated heterocycles. The van der Waals surface area contributed by atoms with E-state index in [4.69, 9.17) is 4.74 Å². The first kappa shape index (κ1) is 10.4. The smallest absolute Gasteiger partial charge is 0.250 e. The highest BCUT2D eigenvalue weighted by Gasteiger charge is 2.45. The highest BCUT2D eigenvalue weighted by molar-refractivity contribution is 8.01. The second-order valence-electron chi connectivity index (χ2n) is 4.33. The Kier molecular flexibility index (Phi) is 2.52. The van der Waals surface area contributed by atoms with E-state index in [1.165, 1.54) is 6.07 Å². The molecule has 0 amide bonds. The zero-order chi connectivity index (χ0) is 11.0. The Balaban J connectivity index is 1.66. The molecule has 0 unspecified atom stereocenters. The molecular formula is C11H13FN2OS. The summed E-state index contributed by atoms with van der Waals surface area (Å²) in [5.41, 5.74) is 0. The van der Waals surface area contributed by atoms with Crippen molar-refractivity contribution in [2.75, 3.05) is 18.8 Å². The number of pyridine rings is 1. The van der Waals surface area contributed by atoms with Crippen molar-refractivity contribution in [1.82, 2.24) is 10.3 Å². The van der Waals surface area contributed by atoms with E-state index in [1.807, 2.05) is 11.8 Å². The molecule has 1 aromatic rings. The number of hydrogen-bond acceptors (Lipinski definition) is 4. The number of aromatic nitrogens is 1. The van der Waals surface area contributed by atoms with Crippen molar-refractivity contribution in [3.8, 4) is 5.88 Å². The van der Waals surface area contributed by atoms with Crippen LogP contribution in [0, 0.1) is 5.82 Å². The molecule has 3 nitrogen and oxygen atoms in total. The zero-order valence-corrected chi connectivity index (χ0v) is 9.60. The van der Waals surface area contributed by atoms with Crippen molar-refractivity contribution in [2.45, 2.75) is 17.3 Å². The van der Waals surface area contributed by atoms with Crippen LogP contribution in [-0.4, -0.2) is 34.7 Å². The Morgan fingerprint density at radius 2 is 2.44 bits per heavy atom. The van der Waals surface area contributed by atoms with Gasteiger partial charge in [0.1, 0.15) is 6.10 Å². The van der Waals surface area contributed by atoms with Crippen LogP contribution in [0.3, 0.4) is 0 Å². The Bertz CT molecular complexity index is 397. The zero-order valence-electron chi connectivity index (χ0n) is 8.78. The Morgan fingerprint density at radius 3 is 3.06 bits per heavy atom. The Morgan fingerprint density at radius 1 is 1.56 bits per heavy atom. The summed E-state index contributed by atoms with van der Waals surface area (Å²) in [5, 5.41) is 3.27. The molecule has 1 N–H and O–H groups in total. The van der Waals surface area contributed by atoms with Crippen LogP contribution in [0.5, 0.6) is 5.88 Å². The van der Waals surface area contributed by atoms with Crippen LogP contribution in [0.2, 0.25) is 0 Å². The predicted molar refractivity (Wildman–Crippen MR) is 61.3 cm³/mol. The lowest BCUT2D eigenvalue weighted by molar-refractivity contribution is 0.180. The molecule has 0 aliphatic carbocycles. The molecule has 2 aliphatic rings. The third-order valence-electron chi connectivity index (χ3n) is 3.07. The third-order valence-corrected chi connectivity index (χ3v) is 4.68. The van der Waals surface area contributed by atoms with Gasteiger partial charge in [-0.05, 0) is 12.1 Å². The van der Waals surface area contributed by atoms with E-state index in [9.17, 15) is 4.39 Å². The monoisotopic (exact) mass is 240 g/mol. The van der Waals surface area contributed by atoms with E-state index in [0.29, 0.717) is 4.75 Å². The molecule has 1 atom stereocenters. The highest BCUT2D eigenvalue weighted by atomic mass is 32.2. The maximum absolute atomic E-state index is 13.3. The maximum atomic E-state index is 13.3. The third kappa shape index (κ3) is 1.78. The number of halogens is 1. The number of nitrogens with one attached hydrogen (secondary N) is 1. The normalized spacial score (nSPS) is 26.7. The molecule has 0 radical (unpaired) electrons. The van der Waals surface area contributed by atoms with Crippen LogP contribution in [0.25, 0.3) is 0 Å². The first-order valence-corrected chi connectivity index (χ1v) is 6.38. The van der Waals surface area contributed by atoms with Gasteiger partial charge in [0.2, 0.25) is 0 Å². The van der Waals surface area contributed by atoms with Gasteiger partial charge < -0.3 is 10.1 Å². The van der Waals surface area contributed by atoms with Gasteiger partial charge in [0.25, 0.3) is 5.88 Å². The molecule has 1 aromatic heterocycles. The number of nitrogens with zero attached hydrogens (tertiary/aromatic N) is 1. The standard InChI is InChI=1S/C11H13FN2OS/c12-9-2-1-3-14-10(9)15-8-4-11(16-5-8)6-13-7-11/h1-3,8,13H,4-7H2/t8-/m1/s1. The van der Waals surface area contributed by atoms with E-state index >= 15 is 0 Å². The summed E-state index contributed by atoms with van der Waals surface area (Å²) < 4.78 is 19.3. The summed E-state index contributed by atoms with van der Waals surface area (Å²) in [5.74, 6) is 0.690. The highest BCUT2D eigenvalue weighted by Crippen LogP contribution is 2.42. The lowest BCUT2D eigenvalue weighted by Gasteiger charge is -2.38. The fraction of sp³-hybridized carbons (Fsp3) is 0.545. The Hall–Kier alpha value is -0.810. The van der Waals surface area contributed by atoms with Crippen LogP contribution in [0.1, 0.15) is 6.42 Å². The maximum Gasteiger partial charge on any atom is 0.250 e. The lowest BCUT2D eigenvalue weighted by atomic mass is 9.96. The second-order valence-corrected chi connectivity index (χ2v) is 5.82. The minimum Gasteiger partial charge on any atom is -0.471 e. The van der Waals surface area contributed by atoms with Crippen LogP contribution >= 0.6 is 11.8 Å². The summed E-state index contributed by atoms with van der Waals surface area (Å²) in [6.45, 7) is 2.09. The minimum absolute atomic E-state index is 0.0940. The molecular weight excluding hydrogens is 227 g/mol. The topological polar surface area (TPSA) is 34.1 Å². The van der Waals surface area contributed by atoms with Gasteiger partial charge in [-0.15, -0.1) is 11.8 Å². The minimum atomic E-state index is -0.375. The van der Waals surface area contributed by atoms with E-state index in [2.05, 4.69) is 10.3 Å². The summed E-state index contributed by atoms with van der Waals surface area (Å²) in [7, 11) is 0. The number of hydrogen-bond donors (Lipinski definition) is 1. The fourth-order valence-electron chi connectivity index (χ4n) is 2.14. The van der Waals surface area contributed by atoms with E-state index in [-0.39, 0.29) is 17.8 Å². The average molecular weight is 240 g/mol. The van der Waals surface area contributed by atoms with E-state index in [1.54, 1.807) is 12.3 Å². The number of ether oxygens (including phenoxy) is 1. The molecule has 1 spiro atoms. The van der Waals surface area contributed by atoms with Crippen molar-refractivity contribution < 1.29 is 9.13 Å². The van der Waals surface area contributed by atoms with E-state index < -0.39 is 0 Å². The van der Waals surface area contributed by atoms with E-state index in [0.717, 1.165) is 25.3 Å².